The third kappa shape index (κ3) is 12.3. The van der Waals surface area contributed by atoms with Gasteiger partial charge in [0.1, 0.15) is 0 Å². The van der Waals surface area contributed by atoms with Gasteiger partial charge in [-0.05, 0) is 11.8 Å². The van der Waals surface area contributed by atoms with E-state index in [1.54, 1.807) is 27.7 Å². The summed E-state index contributed by atoms with van der Waals surface area (Å²) in [7, 11) is -9.13. The summed E-state index contributed by atoms with van der Waals surface area (Å²) in [6, 6.07) is 0. The molecule has 0 aromatic heterocycles. The van der Waals surface area contributed by atoms with Crippen LogP contribution in [0.5, 0.6) is 0 Å². The molecule has 0 unspecified atom stereocenters. The fourth-order valence-electron chi connectivity index (χ4n) is 0.695. The van der Waals surface area contributed by atoms with E-state index in [9.17, 15) is 9.13 Å². The molecule has 106 valence electrons. The van der Waals surface area contributed by atoms with E-state index < -0.39 is 15.6 Å². The summed E-state index contributed by atoms with van der Waals surface area (Å²) in [4.78, 5) is 17.3. The van der Waals surface area contributed by atoms with Crippen LogP contribution in [0.3, 0.4) is 0 Å². The summed E-state index contributed by atoms with van der Waals surface area (Å²) in [5.41, 5.74) is 0. The van der Waals surface area contributed by atoms with Gasteiger partial charge in [-0.15, -0.1) is 0 Å². The molecule has 0 amide bonds. The van der Waals surface area contributed by atoms with E-state index in [-0.39, 0.29) is 54.6 Å². The second kappa shape index (κ2) is 9.24. The maximum absolute atomic E-state index is 11.9. The standard InChI is InChI=1S/C8H20O7P2.Na.H/c1-7(2)5-13-17(12,14-6-8(3)4)15-16(9,10)11;;/h7-8H,5-6H2,1-4H3,(H2,9,10,11);;. The Hall–Kier alpha value is 1.26. The molecule has 0 radical (unpaired) electrons. The van der Waals surface area contributed by atoms with Gasteiger partial charge in [0.25, 0.3) is 0 Å². The number of hydrogen-bond acceptors (Lipinski definition) is 5. The third-order valence-corrected chi connectivity index (χ3v) is 3.92. The van der Waals surface area contributed by atoms with Gasteiger partial charge >= 0.3 is 45.2 Å². The van der Waals surface area contributed by atoms with E-state index in [2.05, 4.69) is 4.31 Å². The van der Waals surface area contributed by atoms with Crippen molar-refractivity contribution in [2.24, 2.45) is 11.8 Å². The van der Waals surface area contributed by atoms with Crippen LogP contribution in [0.25, 0.3) is 0 Å². The van der Waals surface area contributed by atoms with Crippen molar-refractivity contribution >= 4 is 45.2 Å². The summed E-state index contributed by atoms with van der Waals surface area (Å²) in [6.45, 7) is 7.23. The molecule has 0 bridgehead atoms. The SMILES string of the molecule is CC(C)COP(=O)(OCC(C)C)OP(=O)(O)O.[NaH]. The van der Waals surface area contributed by atoms with Gasteiger partial charge in [-0.2, -0.15) is 4.31 Å². The summed E-state index contributed by atoms with van der Waals surface area (Å²) < 4.78 is 36.3. The van der Waals surface area contributed by atoms with Crippen LogP contribution < -0.4 is 0 Å². The van der Waals surface area contributed by atoms with Crippen molar-refractivity contribution in [2.75, 3.05) is 13.2 Å². The van der Waals surface area contributed by atoms with Gasteiger partial charge in [0.2, 0.25) is 0 Å². The molecule has 0 rings (SSSR count). The molecule has 0 aromatic carbocycles. The Bertz CT molecular complexity index is 299. The Balaban J connectivity index is 0. The number of phosphoric ester groups is 1. The average Bonchev–Trinajstić information content (AvgIpc) is 2.09. The van der Waals surface area contributed by atoms with Crippen molar-refractivity contribution in [3.63, 3.8) is 0 Å². The minimum atomic E-state index is -4.92. The summed E-state index contributed by atoms with van der Waals surface area (Å²) in [5.74, 6) is 0.0673. The molecule has 0 aliphatic heterocycles. The molecular formula is C8H21NaO7P2. The molecule has 0 saturated heterocycles. The topological polar surface area (TPSA) is 102 Å². The minimum absolute atomic E-state index is 0. The van der Waals surface area contributed by atoms with Gasteiger partial charge < -0.3 is 9.79 Å². The Morgan fingerprint density at radius 3 is 1.50 bits per heavy atom. The van der Waals surface area contributed by atoms with Crippen molar-refractivity contribution in [1.82, 2.24) is 0 Å². The van der Waals surface area contributed by atoms with Crippen molar-refractivity contribution in [1.29, 1.82) is 0 Å². The molecule has 0 saturated carbocycles. The molecule has 2 N–H and O–H groups in total. The van der Waals surface area contributed by atoms with Crippen LogP contribution >= 0.6 is 15.6 Å². The Morgan fingerprint density at radius 1 is 0.944 bits per heavy atom. The predicted octanol–water partition coefficient (Wildman–Crippen LogP) is 1.90. The zero-order chi connectivity index (χ0) is 13.7. The Labute approximate surface area is 130 Å². The van der Waals surface area contributed by atoms with E-state index in [0.717, 1.165) is 0 Å². The predicted molar refractivity (Wildman–Crippen MR) is 69.5 cm³/mol. The zero-order valence-electron chi connectivity index (χ0n) is 10.4. The van der Waals surface area contributed by atoms with E-state index >= 15 is 0 Å². The van der Waals surface area contributed by atoms with Crippen molar-refractivity contribution in [3.8, 4) is 0 Å². The van der Waals surface area contributed by atoms with Crippen LogP contribution in [0.4, 0.5) is 0 Å². The van der Waals surface area contributed by atoms with Crippen LogP contribution in [-0.2, 0) is 22.5 Å². The first-order valence-electron chi connectivity index (χ1n) is 5.20. The normalized spacial score (nSPS) is 12.9. The van der Waals surface area contributed by atoms with Crippen LogP contribution in [-0.4, -0.2) is 52.6 Å². The van der Waals surface area contributed by atoms with Gasteiger partial charge in [-0.3, -0.25) is 9.05 Å². The average molecular weight is 314 g/mol. The molecule has 0 heterocycles. The Morgan fingerprint density at radius 2 is 1.28 bits per heavy atom. The fourth-order valence-corrected chi connectivity index (χ4v) is 3.15. The van der Waals surface area contributed by atoms with E-state index in [4.69, 9.17) is 18.8 Å². The van der Waals surface area contributed by atoms with E-state index in [1.165, 1.54) is 0 Å². The van der Waals surface area contributed by atoms with Crippen molar-refractivity contribution in [3.05, 3.63) is 0 Å². The number of hydrogen-bond donors (Lipinski definition) is 2. The molecule has 0 fully saturated rings. The molecular weight excluding hydrogens is 293 g/mol. The number of rotatable bonds is 8. The molecule has 7 nitrogen and oxygen atoms in total. The third-order valence-electron chi connectivity index (χ3n) is 1.34. The first kappa shape index (κ1) is 21.6. The van der Waals surface area contributed by atoms with Crippen molar-refractivity contribution in [2.45, 2.75) is 27.7 Å². The molecule has 0 spiro atoms. The molecule has 0 aliphatic carbocycles. The van der Waals surface area contributed by atoms with Crippen LogP contribution in [0.15, 0.2) is 0 Å². The van der Waals surface area contributed by atoms with Crippen LogP contribution in [0.1, 0.15) is 27.7 Å². The summed E-state index contributed by atoms with van der Waals surface area (Å²) in [6.07, 6.45) is 0. The zero-order valence-corrected chi connectivity index (χ0v) is 12.2. The first-order valence-corrected chi connectivity index (χ1v) is 8.19. The van der Waals surface area contributed by atoms with Gasteiger partial charge in [0.15, 0.2) is 0 Å². The fraction of sp³-hybridized carbons (Fsp3) is 1.00. The Kier molecular flexibility index (Phi) is 11.1. The monoisotopic (exact) mass is 314 g/mol. The second-order valence-electron chi connectivity index (χ2n) is 4.40. The maximum atomic E-state index is 11.9. The number of phosphoric acid groups is 2. The van der Waals surface area contributed by atoms with Crippen LogP contribution in [0.2, 0.25) is 0 Å². The summed E-state index contributed by atoms with van der Waals surface area (Å²) in [5, 5.41) is 0. The van der Waals surface area contributed by atoms with Gasteiger partial charge in [-0.25, -0.2) is 9.13 Å². The van der Waals surface area contributed by atoms with Crippen LogP contribution in [0, 0.1) is 11.8 Å². The molecule has 0 aromatic rings. The van der Waals surface area contributed by atoms with Crippen molar-refractivity contribution < 1.29 is 32.3 Å². The summed E-state index contributed by atoms with van der Waals surface area (Å²) >= 11 is 0. The van der Waals surface area contributed by atoms with E-state index in [0.29, 0.717) is 0 Å². The molecule has 18 heavy (non-hydrogen) atoms. The van der Waals surface area contributed by atoms with E-state index in [1.807, 2.05) is 0 Å². The van der Waals surface area contributed by atoms with Gasteiger partial charge in [0.05, 0.1) is 13.2 Å². The van der Waals surface area contributed by atoms with Gasteiger partial charge in [0, 0.05) is 0 Å². The molecule has 0 atom stereocenters. The molecule has 10 heteroatoms. The van der Waals surface area contributed by atoms with Gasteiger partial charge in [-0.1, -0.05) is 27.7 Å². The first-order chi connectivity index (χ1) is 7.54. The molecule has 0 aliphatic rings. The second-order valence-corrected chi connectivity index (χ2v) is 7.44. The quantitative estimate of drug-likeness (QED) is 0.521.